The van der Waals surface area contributed by atoms with E-state index in [1.54, 1.807) is 6.07 Å². The molecule has 0 bridgehead atoms. The number of carbonyl (C=O) groups is 3. The zero-order valence-corrected chi connectivity index (χ0v) is 13.5. The van der Waals surface area contributed by atoms with E-state index in [4.69, 9.17) is 0 Å². The number of benzene rings is 2. The first-order chi connectivity index (χ1) is 11.8. The maximum atomic E-state index is 13.4. The number of rotatable bonds is 5. The summed E-state index contributed by atoms with van der Waals surface area (Å²) in [6.45, 7) is 1.35. The van der Waals surface area contributed by atoms with Gasteiger partial charge in [-0.2, -0.15) is 0 Å². The SMILES string of the molecule is COC(=O)c1cc(C(=O)O)c(C)c(C(=O)O)c1Cc1cccc(F)c1. The van der Waals surface area contributed by atoms with Crippen LogP contribution < -0.4 is 0 Å². The van der Waals surface area contributed by atoms with Gasteiger partial charge in [-0.05, 0) is 48.2 Å². The molecular weight excluding hydrogens is 331 g/mol. The van der Waals surface area contributed by atoms with Crippen LogP contribution in [0, 0.1) is 12.7 Å². The van der Waals surface area contributed by atoms with Gasteiger partial charge in [0.25, 0.3) is 0 Å². The Balaban J connectivity index is 2.78. The molecule has 0 aromatic heterocycles. The predicted molar refractivity (Wildman–Crippen MR) is 85.6 cm³/mol. The van der Waals surface area contributed by atoms with Crippen molar-refractivity contribution >= 4 is 17.9 Å². The van der Waals surface area contributed by atoms with Gasteiger partial charge in [0.1, 0.15) is 5.82 Å². The molecule has 2 rings (SSSR count). The van der Waals surface area contributed by atoms with E-state index in [2.05, 4.69) is 4.74 Å². The van der Waals surface area contributed by atoms with Gasteiger partial charge >= 0.3 is 17.9 Å². The minimum absolute atomic E-state index is 0.0130. The molecule has 25 heavy (non-hydrogen) atoms. The molecule has 130 valence electrons. The molecule has 2 aromatic carbocycles. The molecule has 0 aliphatic carbocycles. The normalized spacial score (nSPS) is 10.4. The highest BCUT2D eigenvalue weighted by Crippen LogP contribution is 2.27. The van der Waals surface area contributed by atoms with E-state index in [9.17, 15) is 29.0 Å². The van der Waals surface area contributed by atoms with Crippen LogP contribution in [0.5, 0.6) is 0 Å². The first kappa shape index (κ1) is 18.1. The van der Waals surface area contributed by atoms with Crippen molar-refractivity contribution in [2.75, 3.05) is 7.11 Å². The summed E-state index contributed by atoms with van der Waals surface area (Å²) in [6.07, 6.45) is -0.0649. The standard InChI is InChI=1S/C18H15FO6/c1-9-12(16(20)21)8-14(18(24)25-2)13(15(9)17(22)23)7-10-4-3-5-11(19)6-10/h3-6,8H,7H2,1-2H3,(H,20,21)(H,22,23). The lowest BCUT2D eigenvalue weighted by molar-refractivity contribution is 0.0599. The lowest BCUT2D eigenvalue weighted by Gasteiger charge is -2.16. The van der Waals surface area contributed by atoms with E-state index in [0.29, 0.717) is 5.56 Å². The van der Waals surface area contributed by atoms with Crippen LogP contribution in [-0.2, 0) is 11.2 Å². The number of esters is 1. The summed E-state index contributed by atoms with van der Waals surface area (Å²) < 4.78 is 18.1. The van der Waals surface area contributed by atoms with Gasteiger partial charge < -0.3 is 14.9 Å². The van der Waals surface area contributed by atoms with Crippen LogP contribution in [0.25, 0.3) is 0 Å². The highest BCUT2D eigenvalue weighted by atomic mass is 19.1. The number of ether oxygens (including phenoxy) is 1. The molecule has 0 atom stereocenters. The van der Waals surface area contributed by atoms with Gasteiger partial charge in [-0.1, -0.05) is 12.1 Å². The van der Waals surface area contributed by atoms with Crippen LogP contribution in [0.1, 0.15) is 47.8 Å². The molecule has 2 aromatic rings. The zero-order valence-electron chi connectivity index (χ0n) is 13.5. The summed E-state index contributed by atoms with van der Waals surface area (Å²) >= 11 is 0. The summed E-state index contributed by atoms with van der Waals surface area (Å²) in [7, 11) is 1.11. The molecule has 0 spiro atoms. The largest absolute Gasteiger partial charge is 0.478 e. The van der Waals surface area contributed by atoms with Gasteiger partial charge in [0, 0.05) is 0 Å². The molecule has 7 heteroatoms. The Morgan fingerprint density at radius 3 is 2.28 bits per heavy atom. The van der Waals surface area contributed by atoms with E-state index < -0.39 is 23.7 Å². The molecule has 0 aliphatic heterocycles. The predicted octanol–water partition coefficient (Wildman–Crippen LogP) is 2.91. The first-order valence-electron chi connectivity index (χ1n) is 7.22. The van der Waals surface area contributed by atoms with Crippen LogP contribution in [0.3, 0.4) is 0 Å². The second kappa shape index (κ2) is 7.12. The van der Waals surface area contributed by atoms with Crippen LogP contribution in [-0.4, -0.2) is 35.2 Å². The minimum atomic E-state index is -1.38. The minimum Gasteiger partial charge on any atom is -0.478 e. The summed E-state index contributed by atoms with van der Waals surface area (Å²) in [4.78, 5) is 35.2. The highest BCUT2D eigenvalue weighted by Gasteiger charge is 2.26. The number of hydrogen-bond acceptors (Lipinski definition) is 4. The maximum Gasteiger partial charge on any atom is 0.338 e. The summed E-state index contributed by atoms with van der Waals surface area (Å²) in [5.74, 6) is -4.11. The van der Waals surface area contributed by atoms with E-state index in [0.717, 1.165) is 13.2 Å². The van der Waals surface area contributed by atoms with Crippen LogP contribution >= 0.6 is 0 Å². The van der Waals surface area contributed by atoms with Crippen molar-refractivity contribution in [1.29, 1.82) is 0 Å². The number of aromatic carboxylic acids is 2. The molecule has 0 saturated heterocycles. The van der Waals surface area contributed by atoms with Crippen molar-refractivity contribution in [3.05, 3.63) is 69.5 Å². The van der Waals surface area contributed by atoms with Gasteiger partial charge in [-0.25, -0.2) is 18.8 Å². The molecule has 0 saturated carbocycles. The van der Waals surface area contributed by atoms with Gasteiger partial charge in [-0.3, -0.25) is 0 Å². The van der Waals surface area contributed by atoms with Crippen molar-refractivity contribution in [1.82, 2.24) is 0 Å². The Hall–Kier alpha value is -3.22. The number of carboxylic acid groups (broad SMARTS) is 2. The fraction of sp³-hybridized carbons (Fsp3) is 0.167. The van der Waals surface area contributed by atoms with Crippen molar-refractivity contribution in [3.63, 3.8) is 0 Å². The van der Waals surface area contributed by atoms with E-state index >= 15 is 0 Å². The Labute approximate surface area is 142 Å². The van der Waals surface area contributed by atoms with Crippen molar-refractivity contribution in [3.8, 4) is 0 Å². The highest BCUT2D eigenvalue weighted by molar-refractivity contribution is 6.03. The van der Waals surface area contributed by atoms with Gasteiger partial charge in [0.2, 0.25) is 0 Å². The number of methoxy groups -OCH3 is 1. The van der Waals surface area contributed by atoms with Crippen LogP contribution in [0.2, 0.25) is 0 Å². The third-order valence-electron chi connectivity index (χ3n) is 3.81. The molecule has 2 N–H and O–H groups in total. The third kappa shape index (κ3) is 3.65. The quantitative estimate of drug-likeness (QED) is 0.807. The van der Waals surface area contributed by atoms with Gasteiger partial charge in [0.05, 0.1) is 23.8 Å². The van der Waals surface area contributed by atoms with Crippen molar-refractivity contribution < 1.29 is 33.7 Å². The van der Waals surface area contributed by atoms with Gasteiger partial charge in [-0.15, -0.1) is 0 Å². The topological polar surface area (TPSA) is 101 Å². The van der Waals surface area contributed by atoms with Crippen molar-refractivity contribution in [2.24, 2.45) is 0 Å². The number of halogens is 1. The molecule has 0 unspecified atom stereocenters. The molecule has 6 nitrogen and oxygen atoms in total. The monoisotopic (exact) mass is 346 g/mol. The summed E-state index contributed by atoms with van der Waals surface area (Å²) in [5, 5.41) is 18.8. The second-order valence-electron chi connectivity index (χ2n) is 5.36. The van der Waals surface area contributed by atoms with Gasteiger partial charge in [0.15, 0.2) is 0 Å². The van der Waals surface area contributed by atoms with E-state index in [-0.39, 0.29) is 34.2 Å². The number of carbonyl (C=O) groups excluding carboxylic acids is 1. The van der Waals surface area contributed by atoms with E-state index in [1.807, 2.05) is 0 Å². The lowest BCUT2D eigenvalue weighted by Crippen LogP contribution is -2.17. The van der Waals surface area contributed by atoms with E-state index in [1.165, 1.54) is 25.1 Å². The average Bonchev–Trinajstić information content (AvgIpc) is 2.53. The Morgan fingerprint density at radius 2 is 1.76 bits per heavy atom. The number of hydrogen-bond donors (Lipinski definition) is 2. The van der Waals surface area contributed by atoms with Crippen LogP contribution in [0.15, 0.2) is 30.3 Å². The maximum absolute atomic E-state index is 13.4. The number of carboxylic acids is 2. The van der Waals surface area contributed by atoms with Crippen LogP contribution in [0.4, 0.5) is 4.39 Å². The fourth-order valence-electron chi connectivity index (χ4n) is 2.67. The average molecular weight is 346 g/mol. The molecule has 0 radical (unpaired) electrons. The molecule has 0 amide bonds. The fourth-order valence-corrected chi connectivity index (χ4v) is 2.67. The third-order valence-corrected chi connectivity index (χ3v) is 3.81. The zero-order chi connectivity index (χ0) is 18.7. The molecule has 0 aliphatic rings. The van der Waals surface area contributed by atoms with Crippen molar-refractivity contribution in [2.45, 2.75) is 13.3 Å². The smallest absolute Gasteiger partial charge is 0.338 e. The lowest BCUT2D eigenvalue weighted by atomic mass is 9.88. The molecular formula is C18H15FO6. The molecule has 0 heterocycles. The Morgan fingerprint density at radius 1 is 1.08 bits per heavy atom. The summed E-state index contributed by atoms with van der Waals surface area (Å²) in [6, 6.07) is 6.58. The Bertz CT molecular complexity index is 872. The second-order valence-corrected chi connectivity index (χ2v) is 5.36. The Kier molecular flexibility index (Phi) is 5.17. The summed E-state index contributed by atoms with van der Waals surface area (Å²) in [5.41, 5.74) is -0.251. The molecule has 0 fully saturated rings. The first-order valence-corrected chi connectivity index (χ1v) is 7.22.